The quantitative estimate of drug-likeness (QED) is 0.856. The summed E-state index contributed by atoms with van der Waals surface area (Å²) in [5.41, 5.74) is 2.51. The summed E-state index contributed by atoms with van der Waals surface area (Å²) in [6.45, 7) is 4.36. The predicted molar refractivity (Wildman–Crippen MR) is 87.6 cm³/mol. The molecule has 3 rings (SSSR count). The maximum Gasteiger partial charge on any atom is 0.257 e. The number of amides is 1. The molecule has 0 bridgehead atoms. The molecule has 21 heavy (non-hydrogen) atoms. The minimum absolute atomic E-state index is 0.337. The predicted octanol–water partition coefficient (Wildman–Crippen LogP) is 3.45. The molecule has 2 heterocycles. The van der Waals surface area contributed by atoms with Gasteiger partial charge in [0.05, 0.1) is 5.69 Å². The van der Waals surface area contributed by atoms with Crippen molar-refractivity contribution in [3.05, 3.63) is 22.2 Å². The number of anilines is 2. The van der Waals surface area contributed by atoms with Crippen molar-refractivity contribution in [2.45, 2.75) is 38.7 Å². The molecule has 0 radical (unpaired) electrons. The SMILES string of the molecule is CCC1CCCN(c2cc3c(cc2Br)C(O)C(=O)N3)CC1. The highest BCUT2D eigenvalue weighted by molar-refractivity contribution is 9.10. The Bertz CT molecular complexity index is 561. The van der Waals surface area contributed by atoms with Crippen molar-refractivity contribution in [2.24, 2.45) is 5.92 Å². The number of rotatable bonds is 2. The number of nitrogens with one attached hydrogen (secondary N) is 1. The van der Waals surface area contributed by atoms with Gasteiger partial charge in [0.2, 0.25) is 0 Å². The van der Waals surface area contributed by atoms with Crippen molar-refractivity contribution >= 4 is 33.2 Å². The van der Waals surface area contributed by atoms with Crippen molar-refractivity contribution in [1.29, 1.82) is 0 Å². The van der Waals surface area contributed by atoms with Crippen molar-refractivity contribution in [1.82, 2.24) is 0 Å². The van der Waals surface area contributed by atoms with Gasteiger partial charge in [-0.1, -0.05) is 13.3 Å². The normalized spacial score (nSPS) is 25.5. The average molecular weight is 353 g/mol. The Morgan fingerprint density at radius 2 is 2.19 bits per heavy atom. The topological polar surface area (TPSA) is 52.6 Å². The van der Waals surface area contributed by atoms with E-state index in [-0.39, 0.29) is 5.91 Å². The van der Waals surface area contributed by atoms with Crippen LogP contribution in [0, 0.1) is 5.92 Å². The zero-order chi connectivity index (χ0) is 15.0. The Morgan fingerprint density at radius 3 is 2.95 bits per heavy atom. The van der Waals surface area contributed by atoms with Crippen molar-refractivity contribution < 1.29 is 9.90 Å². The number of carbonyl (C=O) groups is 1. The third kappa shape index (κ3) is 2.81. The van der Waals surface area contributed by atoms with Gasteiger partial charge in [-0.2, -0.15) is 0 Å². The molecule has 0 aliphatic carbocycles. The minimum Gasteiger partial charge on any atom is -0.378 e. The first kappa shape index (κ1) is 14.9. The van der Waals surface area contributed by atoms with E-state index < -0.39 is 6.10 Å². The molecule has 1 amide bonds. The van der Waals surface area contributed by atoms with Crippen molar-refractivity contribution in [3.8, 4) is 0 Å². The van der Waals surface area contributed by atoms with Crippen molar-refractivity contribution in [2.75, 3.05) is 23.3 Å². The van der Waals surface area contributed by atoms with Gasteiger partial charge in [0.25, 0.3) is 5.91 Å². The van der Waals surface area contributed by atoms with Gasteiger partial charge < -0.3 is 15.3 Å². The second-order valence-corrected chi connectivity index (χ2v) is 6.83. The number of hydrogen-bond acceptors (Lipinski definition) is 3. The first-order valence-electron chi connectivity index (χ1n) is 7.67. The molecule has 114 valence electrons. The van der Waals surface area contributed by atoms with E-state index in [0.29, 0.717) is 5.56 Å². The number of benzene rings is 1. The number of fused-ring (bicyclic) bond motifs is 1. The van der Waals surface area contributed by atoms with Gasteiger partial charge in [-0.05, 0) is 53.2 Å². The molecule has 1 aromatic carbocycles. The van der Waals surface area contributed by atoms with Crippen LogP contribution in [0.15, 0.2) is 16.6 Å². The lowest BCUT2D eigenvalue weighted by molar-refractivity contribution is -0.123. The fourth-order valence-electron chi connectivity index (χ4n) is 3.31. The molecule has 1 fully saturated rings. The van der Waals surface area contributed by atoms with Crippen LogP contribution >= 0.6 is 15.9 Å². The van der Waals surface area contributed by atoms with Crippen LogP contribution in [0.5, 0.6) is 0 Å². The van der Waals surface area contributed by atoms with E-state index in [9.17, 15) is 9.90 Å². The van der Waals surface area contributed by atoms with E-state index in [1.165, 1.54) is 25.7 Å². The van der Waals surface area contributed by atoms with Crippen LogP contribution in [0.3, 0.4) is 0 Å². The Hall–Kier alpha value is -1.07. The molecule has 2 aliphatic heterocycles. The van der Waals surface area contributed by atoms with Crippen LogP contribution in [0.25, 0.3) is 0 Å². The van der Waals surface area contributed by atoms with E-state index in [0.717, 1.165) is 34.9 Å². The Balaban J connectivity index is 1.86. The second kappa shape index (κ2) is 5.97. The van der Waals surface area contributed by atoms with Gasteiger partial charge in [-0.15, -0.1) is 0 Å². The first-order chi connectivity index (χ1) is 10.1. The van der Waals surface area contributed by atoms with Gasteiger partial charge in [-0.3, -0.25) is 4.79 Å². The maximum absolute atomic E-state index is 11.6. The third-order valence-corrected chi connectivity index (χ3v) is 5.32. The molecule has 1 aromatic rings. The Morgan fingerprint density at radius 1 is 1.38 bits per heavy atom. The summed E-state index contributed by atoms with van der Waals surface area (Å²) in [5.74, 6) is 0.487. The molecule has 2 N–H and O–H groups in total. The molecule has 4 nitrogen and oxygen atoms in total. The standard InChI is InChI=1S/C16H21BrN2O2/c1-2-10-4-3-6-19(7-5-10)14-9-13-11(8-12(14)17)15(20)16(21)18-13/h8-10,15,20H,2-7H2,1H3,(H,18,21). The van der Waals surface area contributed by atoms with Gasteiger partial charge in [0.1, 0.15) is 0 Å². The number of halogens is 1. The van der Waals surface area contributed by atoms with Gasteiger partial charge in [0, 0.05) is 28.8 Å². The lowest BCUT2D eigenvalue weighted by Crippen LogP contribution is -2.24. The second-order valence-electron chi connectivity index (χ2n) is 5.97. The van der Waals surface area contributed by atoms with E-state index in [1.807, 2.05) is 12.1 Å². The van der Waals surface area contributed by atoms with Gasteiger partial charge >= 0.3 is 0 Å². The molecule has 2 unspecified atom stereocenters. The lowest BCUT2D eigenvalue weighted by Gasteiger charge is -2.25. The molecule has 0 spiro atoms. The largest absolute Gasteiger partial charge is 0.378 e. The van der Waals surface area contributed by atoms with Crippen LogP contribution < -0.4 is 10.2 Å². The number of aliphatic hydroxyl groups excluding tert-OH is 1. The smallest absolute Gasteiger partial charge is 0.257 e. The van der Waals surface area contributed by atoms with Crippen LogP contribution in [-0.2, 0) is 4.79 Å². The third-order valence-electron chi connectivity index (χ3n) is 4.69. The van der Waals surface area contributed by atoms with E-state index in [4.69, 9.17) is 0 Å². The molecule has 1 saturated heterocycles. The number of hydrogen-bond donors (Lipinski definition) is 2. The van der Waals surface area contributed by atoms with Crippen LogP contribution in [-0.4, -0.2) is 24.1 Å². The summed E-state index contributed by atoms with van der Waals surface area (Å²) in [4.78, 5) is 14.0. The summed E-state index contributed by atoms with van der Waals surface area (Å²) < 4.78 is 0.951. The molecule has 2 atom stereocenters. The zero-order valence-electron chi connectivity index (χ0n) is 12.2. The van der Waals surface area contributed by atoms with Crippen LogP contribution in [0.2, 0.25) is 0 Å². The molecule has 0 aromatic heterocycles. The van der Waals surface area contributed by atoms with E-state index >= 15 is 0 Å². The minimum atomic E-state index is -1.04. The molecule has 5 heteroatoms. The van der Waals surface area contributed by atoms with Crippen LogP contribution in [0.1, 0.15) is 44.3 Å². The summed E-state index contributed by atoms with van der Waals surface area (Å²) in [7, 11) is 0. The molecule has 2 aliphatic rings. The van der Waals surface area contributed by atoms with Gasteiger partial charge in [0.15, 0.2) is 6.10 Å². The average Bonchev–Trinajstić information content (AvgIpc) is 2.68. The fourth-order valence-corrected chi connectivity index (χ4v) is 3.92. The Labute approximate surface area is 133 Å². The van der Waals surface area contributed by atoms with E-state index in [2.05, 4.69) is 33.1 Å². The fraction of sp³-hybridized carbons (Fsp3) is 0.562. The molecular weight excluding hydrogens is 332 g/mol. The number of carbonyl (C=O) groups excluding carboxylic acids is 1. The van der Waals surface area contributed by atoms with E-state index in [1.54, 1.807) is 0 Å². The number of aliphatic hydroxyl groups is 1. The maximum atomic E-state index is 11.6. The lowest BCUT2D eigenvalue weighted by atomic mass is 9.98. The number of nitrogens with zero attached hydrogens (tertiary/aromatic N) is 1. The highest BCUT2D eigenvalue weighted by atomic mass is 79.9. The van der Waals surface area contributed by atoms with Crippen LogP contribution in [0.4, 0.5) is 11.4 Å². The summed E-state index contributed by atoms with van der Waals surface area (Å²) in [6, 6.07) is 3.86. The molecular formula is C16H21BrN2O2. The summed E-state index contributed by atoms with van der Waals surface area (Å²) in [5, 5.41) is 12.6. The monoisotopic (exact) mass is 352 g/mol. The highest BCUT2D eigenvalue weighted by Gasteiger charge is 2.30. The molecule has 0 saturated carbocycles. The Kier molecular flexibility index (Phi) is 4.22. The highest BCUT2D eigenvalue weighted by Crippen LogP contribution is 2.39. The van der Waals surface area contributed by atoms with Crippen molar-refractivity contribution in [3.63, 3.8) is 0 Å². The zero-order valence-corrected chi connectivity index (χ0v) is 13.8. The van der Waals surface area contributed by atoms with Gasteiger partial charge in [-0.25, -0.2) is 0 Å². The summed E-state index contributed by atoms with van der Waals surface area (Å²) in [6.07, 6.45) is 3.93. The first-order valence-corrected chi connectivity index (χ1v) is 8.46. The summed E-state index contributed by atoms with van der Waals surface area (Å²) >= 11 is 3.60.